The maximum atomic E-state index is 11.4. The summed E-state index contributed by atoms with van der Waals surface area (Å²) >= 11 is 11.5. The van der Waals surface area contributed by atoms with Crippen LogP contribution in [0.5, 0.6) is 0 Å². The van der Waals surface area contributed by atoms with Crippen LogP contribution < -0.4 is 0 Å². The summed E-state index contributed by atoms with van der Waals surface area (Å²) in [4.78, 5) is 11.4. The molecule has 0 aliphatic heterocycles. The molecule has 0 aliphatic rings. The first-order valence-corrected chi connectivity index (χ1v) is 4.53. The van der Waals surface area contributed by atoms with Crippen molar-refractivity contribution in [1.82, 2.24) is 0 Å². The van der Waals surface area contributed by atoms with Crippen LogP contribution in [0, 0.1) is 0 Å². The molecule has 13 heavy (non-hydrogen) atoms. The Hall–Kier alpha value is -0.790. The zero-order valence-electron chi connectivity index (χ0n) is 7.05. The predicted octanol–water partition coefficient (Wildman–Crippen LogP) is 3.75. The van der Waals surface area contributed by atoms with Crippen molar-refractivity contribution in [2.75, 3.05) is 0 Å². The highest BCUT2D eigenvalue weighted by molar-refractivity contribution is 6.37. The summed E-state index contributed by atoms with van der Waals surface area (Å²) in [5.41, 5.74) is 0.476. The van der Waals surface area contributed by atoms with E-state index in [4.69, 9.17) is 23.2 Å². The monoisotopic (exact) mass is 214 g/mol. The number of benzene rings is 1. The first-order chi connectivity index (χ1) is 6.15. The molecule has 1 aromatic carbocycles. The largest absolute Gasteiger partial charge is 0.289 e. The first-order valence-electron chi connectivity index (χ1n) is 3.77. The third kappa shape index (κ3) is 2.58. The van der Waals surface area contributed by atoms with Gasteiger partial charge in [0.05, 0.1) is 5.02 Å². The molecular formula is C10H8Cl2O. The summed E-state index contributed by atoms with van der Waals surface area (Å²) in [5.74, 6) is -0.107. The fourth-order valence-electron chi connectivity index (χ4n) is 0.930. The van der Waals surface area contributed by atoms with Gasteiger partial charge in [0.2, 0.25) is 0 Å². The predicted molar refractivity (Wildman–Crippen MR) is 55.6 cm³/mol. The highest BCUT2D eigenvalue weighted by atomic mass is 35.5. The highest BCUT2D eigenvalue weighted by Gasteiger charge is 2.06. The lowest BCUT2D eigenvalue weighted by Crippen LogP contribution is -1.94. The fraction of sp³-hybridized carbons (Fsp3) is 0.100. The van der Waals surface area contributed by atoms with E-state index in [2.05, 4.69) is 0 Å². The van der Waals surface area contributed by atoms with Crippen molar-refractivity contribution < 1.29 is 4.79 Å². The Morgan fingerprint density at radius 1 is 1.38 bits per heavy atom. The number of hydrogen-bond acceptors (Lipinski definition) is 1. The van der Waals surface area contributed by atoms with Crippen LogP contribution in [0.2, 0.25) is 10.0 Å². The number of ketones is 1. The van der Waals surface area contributed by atoms with Gasteiger partial charge in [-0.1, -0.05) is 29.3 Å². The van der Waals surface area contributed by atoms with Gasteiger partial charge in [-0.25, -0.2) is 0 Å². The van der Waals surface area contributed by atoms with Gasteiger partial charge in [0.15, 0.2) is 5.78 Å². The second-order valence-corrected chi connectivity index (χ2v) is 3.33. The van der Waals surface area contributed by atoms with E-state index in [1.807, 2.05) is 0 Å². The molecule has 0 radical (unpaired) electrons. The normalized spacial score (nSPS) is 10.7. The van der Waals surface area contributed by atoms with Crippen LogP contribution in [0.1, 0.15) is 17.3 Å². The van der Waals surface area contributed by atoms with E-state index >= 15 is 0 Å². The molecule has 0 bridgehead atoms. The standard InChI is InChI=1S/C10H8Cl2O/c1-2-3-10(13)8-5-4-7(11)6-9(8)12/h2-6H,1H3. The number of hydrogen-bond donors (Lipinski definition) is 0. The van der Waals surface area contributed by atoms with Crippen LogP contribution in [-0.4, -0.2) is 5.78 Å². The Bertz CT molecular complexity index is 356. The molecule has 0 aromatic heterocycles. The van der Waals surface area contributed by atoms with Crippen molar-refractivity contribution in [1.29, 1.82) is 0 Å². The van der Waals surface area contributed by atoms with E-state index in [0.717, 1.165) is 0 Å². The minimum Gasteiger partial charge on any atom is -0.289 e. The Morgan fingerprint density at radius 3 is 2.62 bits per heavy atom. The molecule has 0 saturated carbocycles. The average molecular weight is 215 g/mol. The zero-order valence-corrected chi connectivity index (χ0v) is 8.56. The summed E-state index contributed by atoms with van der Waals surface area (Å²) in [7, 11) is 0. The summed E-state index contributed by atoms with van der Waals surface area (Å²) in [6.07, 6.45) is 3.14. The second kappa shape index (κ2) is 4.45. The van der Waals surface area contributed by atoms with Gasteiger partial charge < -0.3 is 0 Å². The molecule has 1 rings (SSSR count). The molecule has 0 N–H and O–H groups in total. The average Bonchev–Trinajstić information content (AvgIpc) is 2.04. The molecule has 3 heteroatoms. The van der Waals surface area contributed by atoms with Crippen molar-refractivity contribution in [3.8, 4) is 0 Å². The molecule has 68 valence electrons. The number of allylic oxidation sites excluding steroid dienone is 2. The summed E-state index contributed by atoms with van der Waals surface area (Å²) in [6, 6.07) is 4.82. The lowest BCUT2D eigenvalue weighted by atomic mass is 10.1. The zero-order chi connectivity index (χ0) is 9.84. The van der Waals surface area contributed by atoms with Crippen LogP contribution in [0.3, 0.4) is 0 Å². The topological polar surface area (TPSA) is 17.1 Å². The van der Waals surface area contributed by atoms with E-state index < -0.39 is 0 Å². The molecule has 0 amide bonds. The van der Waals surface area contributed by atoms with E-state index in [9.17, 15) is 4.79 Å². The van der Waals surface area contributed by atoms with Crippen LogP contribution in [-0.2, 0) is 0 Å². The maximum Gasteiger partial charge on any atom is 0.187 e. The number of carbonyl (C=O) groups excluding carboxylic acids is 1. The molecule has 0 aliphatic carbocycles. The molecule has 0 saturated heterocycles. The lowest BCUT2D eigenvalue weighted by molar-refractivity contribution is 0.104. The van der Waals surface area contributed by atoms with Crippen molar-refractivity contribution in [3.63, 3.8) is 0 Å². The fourth-order valence-corrected chi connectivity index (χ4v) is 1.43. The van der Waals surface area contributed by atoms with Crippen molar-refractivity contribution in [2.24, 2.45) is 0 Å². The Kier molecular flexibility index (Phi) is 3.52. The molecule has 0 unspecified atom stereocenters. The minimum atomic E-state index is -0.107. The van der Waals surface area contributed by atoms with Gasteiger partial charge in [-0.05, 0) is 31.2 Å². The molecule has 0 spiro atoms. The maximum absolute atomic E-state index is 11.4. The molecule has 0 atom stereocenters. The Balaban J connectivity index is 3.09. The quantitative estimate of drug-likeness (QED) is 0.542. The minimum absolute atomic E-state index is 0.107. The molecule has 0 fully saturated rings. The number of carbonyl (C=O) groups is 1. The summed E-state index contributed by atoms with van der Waals surface area (Å²) < 4.78 is 0. The Labute approximate surface area is 87.0 Å². The van der Waals surface area contributed by atoms with Gasteiger partial charge >= 0.3 is 0 Å². The van der Waals surface area contributed by atoms with Gasteiger partial charge in [0, 0.05) is 10.6 Å². The van der Waals surface area contributed by atoms with E-state index in [0.29, 0.717) is 15.6 Å². The summed E-state index contributed by atoms with van der Waals surface area (Å²) in [6.45, 7) is 1.78. The van der Waals surface area contributed by atoms with Gasteiger partial charge in [-0.15, -0.1) is 0 Å². The number of halogens is 2. The lowest BCUT2D eigenvalue weighted by Gasteiger charge is -1.99. The van der Waals surface area contributed by atoms with Crippen molar-refractivity contribution in [3.05, 3.63) is 46.0 Å². The smallest absolute Gasteiger partial charge is 0.187 e. The summed E-state index contributed by atoms with van der Waals surface area (Å²) in [5, 5.41) is 0.914. The van der Waals surface area contributed by atoms with Gasteiger partial charge in [0.25, 0.3) is 0 Å². The van der Waals surface area contributed by atoms with Gasteiger partial charge in [0.1, 0.15) is 0 Å². The van der Waals surface area contributed by atoms with Gasteiger partial charge in [-0.2, -0.15) is 0 Å². The first kappa shape index (κ1) is 10.3. The third-order valence-corrected chi connectivity index (χ3v) is 2.06. The second-order valence-electron chi connectivity index (χ2n) is 2.49. The third-order valence-electron chi connectivity index (χ3n) is 1.51. The van der Waals surface area contributed by atoms with Gasteiger partial charge in [-0.3, -0.25) is 4.79 Å². The van der Waals surface area contributed by atoms with Crippen molar-refractivity contribution in [2.45, 2.75) is 6.92 Å². The van der Waals surface area contributed by atoms with E-state index in [-0.39, 0.29) is 5.78 Å². The Morgan fingerprint density at radius 2 is 2.08 bits per heavy atom. The van der Waals surface area contributed by atoms with Crippen LogP contribution in [0.25, 0.3) is 0 Å². The SMILES string of the molecule is CC=CC(=O)c1ccc(Cl)cc1Cl. The highest BCUT2D eigenvalue weighted by Crippen LogP contribution is 2.21. The van der Waals surface area contributed by atoms with Crippen LogP contribution >= 0.6 is 23.2 Å². The molecule has 0 heterocycles. The van der Waals surface area contributed by atoms with Crippen LogP contribution in [0.15, 0.2) is 30.4 Å². The van der Waals surface area contributed by atoms with E-state index in [1.165, 1.54) is 6.08 Å². The van der Waals surface area contributed by atoms with Crippen LogP contribution in [0.4, 0.5) is 0 Å². The van der Waals surface area contributed by atoms with Crippen molar-refractivity contribution >= 4 is 29.0 Å². The van der Waals surface area contributed by atoms with E-state index in [1.54, 1.807) is 31.2 Å². The molecule has 1 nitrogen and oxygen atoms in total. The number of rotatable bonds is 2. The molecule has 1 aromatic rings. The molecular weight excluding hydrogens is 207 g/mol.